The molecule has 38 heavy (non-hydrogen) atoms. The van der Waals surface area contributed by atoms with Crippen LogP contribution in [0, 0.1) is 0 Å². The van der Waals surface area contributed by atoms with Gasteiger partial charge in [-0.25, -0.2) is 9.97 Å². The van der Waals surface area contributed by atoms with Crippen molar-refractivity contribution in [1.29, 1.82) is 0 Å². The summed E-state index contributed by atoms with van der Waals surface area (Å²) in [5.41, 5.74) is 5.58. The van der Waals surface area contributed by atoms with Crippen molar-refractivity contribution in [2.45, 2.75) is 6.42 Å². The van der Waals surface area contributed by atoms with Gasteiger partial charge in [-0.15, -0.1) is 0 Å². The quantitative estimate of drug-likeness (QED) is 0.241. The Labute approximate surface area is 226 Å². The lowest BCUT2D eigenvalue weighted by Crippen LogP contribution is -2.37. The molecule has 6 rings (SSSR count). The molecule has 7 nitrogen and oxygen atoms in total. The molecule has 194 valence electrons. The number of para-hydroxylation sites is 1. The molecule has 1 saturated heterocycles. The van der Waals surface area contributed by atoms with Gasteiger partial charge in [0.1, 0.15) is 6.33 Å². The molecule has 1 fully saturated rings. The van der Waals surface area contributed by atoms with Crippen molar-refractivity contribution < 1.29 is 14.2 Å². The maximum absolute atomic E-state index is 6.37. The molecule has 0 radical (unpaired) electrons. The molecule has 0 saturated carbocycles. The van der Waals surface area contributed by atoms with Gasteiger partial charge >= 0.3 is 0 Å². The SMILES string of the molecule is COc1cc2ncnc(-c3c(-c4cccc(Cl)c4)[nH]c4ccccc34)c2cc1OCCCN1CCOCC1. The van der Waals surface area contributed by atoms with Gasteiger partial charge in [-0.2, -0.15) is 0 Å². The lowest BCUT2D eigenvalue weighted by molar-refractivity contribution is 0.0357. The first-order valence-electron chi connectivity index (χ1n) is 12.8. The highest BCUT2D eigenvalue weighted by Gasteiger charge is 2.20. The molecular formula is C30H29ClN4O3. The summed E-state index contributed by atoms with van der Waals surface area (Å²) in [7, 11) is 1.65. The first-order chi connectivity index (χ1) is 18.7. The Morgan fingerprint density at radius 1 is 0.974 bits per heavy atom. The standard InChI is InChI=1S/C30H29ClN4O3/c1-36-26-18-25-23(17-27(26)38-13-5-10-35-11-14-37-15-12-35)30(33-19-32-25)28-22-8-2-3-9-24(22)34-29(28)20-6-4-7-21(31)16-20/h2-4,6-9,16-19,34H,5,10-15H2,1H3. The molecule has 1 aliphatic rings. The molecule has 2 aromatic heterocycles. The van der Waals surface area contributed by atoms with Gasteiger partial charge in [0, 0.05) is 58.1 Å². The topological polar surface area (TPSA) is 72.5 Å². The van der Waals surface area contributed by atoms with Gasteiger partial charge in [-0.3, -0.25) is 4.90 Å². The molecule has 1 N–H and O–H groups in total. The molecule has 5 aromatic rings. The zero-order valence-corrected chi connectivity index (χ0v) is 22.0. The molecule has 8 heteroatoms. The van der Waals surface area contributed by atoms with Crippen molar-refractivity contribution in [2.24, 2.45) is 0 Å². The van der Waals surface area contributed by atoms with Crippen molar-refractivity contribution in [2.75, 3.05) is 46.6 Å². The highest BCUT2D eigenvalue weighted by atomic mass is 35.5. The van der Waals surface area contributed by atoms with E-state index in [0.29, 0.717) is 23.1 Å². The van der Waals surface area contributed by atoms with Crippen LogP contribution in [0.2, 0.25) is 5.02 Å². The summed E-state index contributed by atoms with van der Waals surface area (Å²) < 4.78 is 17.4. The predicted octanol–water partition coefficient (Wildman–Crippen LogP) is 6.21. The predicted molar refractivity (Wildman–Crippen MR) is 151 cm³/mol. The minimum Gasteiger partial charge on any atom is -0.493 e. The lowest BCUT2D eigenvalue weighted by Gasteiger charge is -2.26. The van der Waals surface area contributed by atoms with Crippen LogP contribution >= 0.6 is 11.6 Å². The second kappa shape index (κ2) is 11.0. The second-order valence-electron chi connectivity index (χ2n) is 9.33. The fraction of sp³-hybridized carbons (Fsp3) is 0.267. The number of H-pyrrole nitrogens is 1. The fourth-order valence-electron chi connectivity index (χ4n) is 5.08. The summed E-state index contributed by atoms with van der Waals surface area (Å²) in [6, 6.07) is 20.0. The maximum Gasteiger partial charge on any atom is 0.162 e. The minimum atomic E-state index is 0.586. The van der Waals surface area contributed by atoms with Gasteiger partial charge < -0.3 is 19.2 Å². The molecule has 1 aliphatic heterocycles. The number of morpholine rings is 1. The summed E-state index contributed by atoms with van der Waals surface area (Å²) in [6.45, 7) is 5.11. The molecular weight excluding hydrogens is 500 g/mol. The zero-order chi connectivity index (χ0) is 25.9. The van der Waals surface area contributed by atoms with Crippen LogP contribution in [0.25, 0.3) is 44.3 Å². The van der Waals surface area contributed by atoms with E-state index in [1.165, 1.54) is 0 Å². The Balaban J connectivity index is 1.40. The lowest BCUT2D eigenvalue weighted by atomic mass is 9.99. The fourth-order valence-corrected chi connectivity index (χ4v) is 5.27. The first-order valence-corrected chi connectivity index (χ1v) is 13.2. The molecule has 0 spiro atoms. The van der Waals surface area contributed by atoms with E-state index in [1.54, 1.807) is 13.4 Å². The smallest absolute Gasteiger partial charge is 0.162 e. The van der Waals surface area contributed by atoms with Gasteiger partial charge in [0.2, 0.25) is 0 Å². The summed E-state index contributed by atoms with van der Waals surface area (Å²) in [5.74, 6) is 1.34. The normalized spacial score (nSPS) is 14.3. The summed E-state index contributed by atoms with van der Waals surface area (Å²) in [6.07, 6.45) is 2.52. The van der Waals surface area contributed by atoms with E-state index in [2.05, 4.69) is 33.1 Å². The average molecular weight is 529 g/mol. The van der Waals surface area contributed by atoms with Crippen LogP contribution in [0.3, 0.4) is 0 Å². The van der Waals surface area contributed by atoms with E-state index in [0.717, 1.165) is 83.6 Å². The van der Waals surface area contributed by atoms with Crippen LogP contribution in [0.5, 0.6) is 11.5 Å². The van der Waals surface area contributed by atoms with Gasteiger partial charge in [0.25, 0.3) is 0 Å². The minimum absolute atomic E-state index is 0.586. The van der Waals surface area contributed by atoms with Crippen LogP contribution in [0.1, 0.15) is 6.42 Å². The summed E-state index contributed by atoms with van der Waals surface area (Å²) >= 11 is 6.37. The molecule has 3 aromatic carbocycles. The van der Waals surface area contributed by atoms with E-state index in [1.807, 2.05) is 42.5 Å². The van der Waals surface area contributed by atoms with Crippen molar-refractivity contribution in [3.8, 4) is 34.0 Å². The summed E-state index contributed by atoms with van der Waals surface area (Å²) in [5, 5.41) is 2.65. The summed E-state index contributed by atoms with van der Waals surface area (Å²) in [4.78, 5) is 15.3. The van der Waals surface area contributed by atoms with Gasteiger partial charge in [0.15, 0.2) is 11.5 Å². The number of aromatic amines is 1. The van der Waals surface area contributed by atoms with Crippen LogP contribution < -0.4 is 9.47 Å². The van der Waals surface area contributed by atoms with Crippen LogP contribution in [0.4, 0.5) is 0 Å². The third-order valence-corrected chi connectivity index (χ3v) is 7.19. The monoisotopic (exact) mass is 528 g/mol. The Morgan fingerprint density at radius 2 is 1.84 bits per heavy atom. The average Bonchev–Trinajstić information content (AvgIpc) is 3.34. The number of hydrogen-bond acceptors (Lipinski definition) is 6. The number of benzene rings is 3. The molecule has 0 bridgehead atoms. The number of nitrogens with one attached hydrogen (secondary N) is 1. The van der Waals surface area contributed by atoms with E-state index in [-0.39, 0.29) is 0 Å². The number of halogens is 1. The molecule has 3 heterocycles. The largest absolute Gasteiger partial charge is 0.493 e. The van der Waals surface area contributed by atoms with E-state index < -0.39 is 0 Å². The highest BCUT2D eigenvalue weighted by molar-refractivity contribution is 6.31. The number of rotatable bonds is 8. The van der Waals surface area contributed by atoms with E-state index in [4.69, 9.17) is 30.8 Å². The molecule has 0 unspecified atom stereocenters. The van der Waals surface area contributed by atoms with Gasteiger partial charge in [0.05, 0.1) is 43.8 Å². The number of aromatic nitrogens is 3. The van der Waals surface area contributed by atoms with Gasteiger partial charge in [-0.1, -0.05) is 41.9 Å². The maximum atomic E-state index is 6.37. The van der Waals surface area contributed by atoms with Crippen molar-refractivity contribution in [1.82, 2.24) is 19.9 Å². The van der Waals surface area contributed by atoms with Crippen molar-refractivity contribution in [3.05, 3.63) is 72.0 Å². The van der Waals surface area contributed by atoms with Crippen molar-refractivity contribution >= 4 is 33.4 Å². The van der Waals surface area contributed by atoms with Crippen LogP contribution in [0.15, 0.2) is 67.0 Å². The number of fused-ring (bicyclic) bond motifs is 2. The Kier molecular flexibility index (Phi) is 7.14. The Bertz CT molecular complexity index is 1580. The third kappa shape index (κ3) is 4.92. The first kappa shape index (κ1) is 24.7. The van der Waals surface area contributed by atoms with E-state index in [9.17, 15) is 0 Å². The molecule has 0 aliphatic carbocycles. The van der Waals surface area contributed by atoms with Crippen molar-refractivity contribution in [3.63, 3.8) is 0 Å². The third-order valence-electron chi connectivity index (χ3n) is 6.96. The number of hydrogen-bond donors (Lipinski definition) is 1. The van der Waals surface area contributed by atoms with Crippen LogP contribution in [-0.2, 0) is 4.74 Å². The van der Waals surface area contributed by atoms with Crippen LogP contribution in [-0.4, -0.2) is 66.4 Å². The van der Waals surface area contributed by atoms with Gasteiger partial charge in [-0.05, 0) is 30.7 Å². The number of ether oxygens (including phenoxy) is 3. The number of nitrogens with zero attached hydrogens (tertiary/aromatic N) is 3. The number of methoxy groups -OCH3 is 1. The Hall–Kier alpha value is -3.65. The zero-order valence-electron chi connectivity index (χ0n) is 21.2. The Morgan fingerprint density at radius 3 is 2.68 bits per heavy atom. The van der Waals surface area contributed by atoms with E-state index >= 15 is 0 Å². The highest BCUT2D eigenvalue weighted by Crippen LogP contribution is 2.42. The molecule has 0 atom stereocenters. The molecule has 0 amide bonds. The second-order valence-corrected chi connectivity index (χ2v) is 9.77.